The SMILES string of the molecule is COc1cc(/C=C/C(=O)OC(=O)/C=C/c2cccc([N+](=O)[O-])c2)cc(OC)c1. The molecule has 0 saturated carbocycles. The van der Waals surface area contributed by atoms with Crippen molar-refractivity contribution < 1.29 is 28.7 Å². The molecule has 0 aliphatic heterocycles. The van der Waals surface area contributed by atoms with Crippen molar-refractivity contribution in [2.75, 3.05) is 14.2 Å². The zero-order valence-corrected chi connectivity index (χ0v) is 15.2. The van der Waals surface area contributed by atoms with Crippen molar-refractivity contribution >= 4 is 29.8 Å². The Kier molecular flexibility index (Phi) is 7.04. The minimum absolute atomic E-state index is 0.108. The van der Waals surface area contributed by atoms with Gasteiger partial charge in [-0.05, 0) is 35.4 Å². The normalized spacial score (nSPS) is 10.8. The van der Waals surface area contributed by atoms with Gasteiger partial charge in [-0.3, -0.25) is 10.1 Å². The predicted molar refractivity (Wildman–Crippen MR) is 102 cm³/mol. The fourth-order valence-corrected chi connectivity index (χ4v) is 2.16. The van der Waals surface area contributed by atoms with E-state index in [2.05, 4.69) is 4.74 Å². The van der Waals surface area contributed by atoms with E-state index < -0.39 is 16.9 Å². The lowest BCUT2D eigenvalue weighted by Gasteiger charge is -2.05. The number of benzene rings is 2. The summed E-state index contributed by atoms with van der Waals surface area (Å²) in [5.41, 5.74) is 0.939. The van der Waals surface area contributed by atoms with Crippen LogP contribution in [0.2, 0.25) is 0 Å². The van der Waals surface area contributed by atoms with Crippen molar-refractivity contribution in [3.05, 3.63) is 75.9 Å². The topological polar surface area (TPSA) is 105 Å². The van der Waals surface area contributed by atoms with E-state index in [1.54, 1.807) is 24.3 Å². The number of hydrogen-bond donors (Lipinski definition) is 0. The number of esters is 2. The summed E-state index contributed by atoms with van der Waals surface area (Å²) in [4.78, 5) is 33.7. The molecular formula is C20H17NO7. The van der Waals surface area contributed by atoms with Crippen molar-refractivity contribution in [2.45, 2.75) is 0 Å². The number of methoxy groups -OCH3 is 2. The summed E-state index contributed by atoms with van der Waals surface area (Å²) >= 11 is 0. The molecule has 0 aliphatic rings. The van der Waals surface area contributed by atoms with Crippen LogP contribution in [-0.4, -0.2) is 31.1 Å². The second-order valence-corrected chi connectivity index (χ2v) is 5.40. The van der Waals surface area contributed by atoms with Gasteiger partial charge in [0.2, 0.25) is 0 Å². The van der Waals surface area contributed by atoms with Crippen molar-refractivity contribution in [3.8, 4) is 11.5 Å². The average Bonchev–Trinajstić information content (AvgIpc) is 2.70. The van der Waals surface area contributed by atoms with Gasteiger partial charge < -0.3 is 14.2 Å². The van der Waals surface area contributed by atoms with E-state index in [4.69, 9.17) is 9.47 Å². The summed E-state index contributed by atoms with van der Waals surface area (Å²) in [7, 11) is 3.01. The quantitative estimate of drug-likeness (QED) is 0.237. The van der Waals surface area contributed by atoms with Gasteiger partial charge in [0.1, 0.15) is 11.5 Å². The van der Waals surface area contributed by atoms with Gasteiger partial charge in [-0.25, -0.2) is 9.59 Å². The Hall–Kier alpha value is -3.94. The minimum Gasteiger partial charge on any atom is -0.497 e. The lowest BCUT2D eigenvalue weighted by atomic mass is 10.2. The molecule has 28 heavy (non-hydrogen) atoms. The summed E-state index contributed by atoms with van der Waals surface area (Å²) in [5.74, 6) is -0.675. The van der Waals surface area contributed by atoms with Crippen LogP contribution < -0.4 is 9.47 Å². The minimum atomic E-state index is -0.899. The maximum atomic E-state index is 11.8. The Bertz CT molecular complexity index is 925. The Balaban J connectivity index is 1.99. The number of nitro benzene ring substituents is 1. The molecule has 0 radical (unpaired) electrons. The Morgan fingerprint density at radius 3 is 2.00 bits per heavy atom. The van der Waals surface area contributed by atoms with Gasteiger partial charge in [0.25, 0.3) is 5.69 Å². The molecule has 0 unspecified atom stereocenters. The Labute approximate surface area is 160 Å². The fourth-order valence-electron chi connectivity index (χ4n) is 2.16. The van der Waals surface area contributed by atoms with Crippen LogP contribution in [0.3, 0.4) is 0 Å². The molecule has 0 bridgehead atoms. The van der Waals surface area contributed by atoms with E-state index in [0.29, 0.717) is 22.6 Å². The third kappa shape index (κ3) is 6.10. The number of carbonyl (C=O) groups is 2. The van der Waals surface area contributed by atoms with Crippen molar-refractivity contribution in [2.24, 2.45) is 0 Å². The maximum Gasteiger partial charge on any atom is 0.338 e. The molecular weight excluding hydrogens is 366 g/mol. The highest BCUT2D eigenvalue weighted by Gasteiger charge is 2.07. The predicted octanol–water partition coefficient (Wildman–Crippen LogP) is 3.41. The van der Waals surface area contributed by atoms with Crippen molar-refractivity contribution in [1.82, 2.24) is 0 Å². The molecule has 0 fully saturated rings. The van der Waals surface area contributed by atoms with E-state index >= 15 is 0 Å². The molecule has 0 aromatic heterocycles. The molecule has 0 N–H and O–H groups in total. The first-order valence-electron chi connectivity index (χ1n) is 8.00. The fraction of sp³-hybridized carbons (Fsp3) is 0.100. The third-order valence-corrected chi connectivity index (χ3v) is 3.48. The van der Waals surface area contributed by atoms with Crippen LogP contribution >= 0.6 is 0 Å². The molecule has 8 nitrogen and oxygen atoms in total. The Morgan fingerprint density at radius 1 is 0.893 bits per heavy atom. The molecule has 144 valence electrons. The number of ether oxygens (including phenoxy) is 3. The summed E-state index contributed by atoms with van der Waals surface area (Å²) in [5, 5.41) is 10.7. The summed E-state index contributed by atoms with van der Waals surface area (Å²) in [6.45, 7) is 0. The molecule has 0 amide bonds. The van der Waals surface area contributed by atoms with Gasteiger partial charge in [0.05, 0.1) is 19.1 Å². The highest BCUT2D eigenvalue weighted by molar-refractivity contribution is 5.99. The molecule has 0 saturated heterocycles. The zero-order valence-electron chi connectivity index (χ0n) is 15.2. The van der Waals surface area contributed by atoms with Gasteiger partial charge in [-0.15, -0.1) is 0 Å². The van der Waals surface area contributed by atoms with Crippen LogP contribution in [0, 0.1) is 10.1 Å². The molecule has 2 rings (SSSR count). The van der Waals surface area contributed by atoms with E-state index in [1.165, 1.54) is 44.6 Å². The van der Waals surface area contributed by atoms with E-state index in [-0.39, 0.29) is 5.69 Å². The molecule has 0 atom stereocenters. The number of non-ortho nitro benzene ring substituents is 1. The standard InChI is InChI=1S/C20H17NO7/c1-26-17-11-15(12-18(13-17)27-2)7-9-20(23)28-19(22)8-6-14-4-3-5-16(10-14)21(24)25/h3-13H,1-2H3/b8-6+,9-7+. The Morgan fingerprint density at radius 2 is 1.46 bits per heavy atom. The second kappa shape index (κ2) is 9.67. The van der Waals surface area contributed by atoms with Gasteiger partial charge in [0, 0.05) is 30.4 Å². The van der Waals surface area contributed by atoms with E-state index in [1.807, 2.05) is 0 Å². The summed E-state index contributed by atoms with van der Waals surface area (Å²) in [6.07, 6.45) is 4.87. The van der Waals surface area contributed by atoms with Gasteiger partial charge in [0.15, 0.2) is 0 Å². The molecule has 0 aliphatic carbocycles. The number of carbonyl (C=O) groups excluding carboxylic acids is 2. The molecule has 8 heteroatoms. The van der Waals surface area contributed by atoms with Gasteiger partial charge >= 0.3 is 11.9 Å². The summed E-state index contributed by atoms with van der Waals surface area (Å²) < 4.78 is 14.9. The largest absolute Gasteiger partial charge is 0.497 e. The van der Waals surface area contributed by atoms with Crippen molar-refractivity contribution in [3.63, 3.8) is 0 Å². The van der Waals surface area contributed by atoms with Gasteiger partial charge in [-0.1, -0.05) is 12.1 Å². The molecule has 0 heterocycles. The van der Waals surface area contributed by atoms with Crippen LogP contribution in [0.4, 0.5) is 5.69 Å². The van der Waals surface area contributed by atoms with Gasteiger partial charge in [-0.2, -0.15) is 0 Å². The number of nitro groups is 1. The highest BCUT2D eigenvalue weighted by atomic mass is 16.6. The highest BCUT2D eigenvalue weighted by Crippen LogP contribution is 2.23. The molecule has 2 aromatic carbocycles. The molecule has 0 spiro atoms. The first-order chi connectivity index (χ1) is 13.4. The lowest BCUT2D eigenvalue weighted by Crippen LogP contribution is -2.06. The van der Waals surface area contributed by atoms with Crippen LogP contribution in [0.15, 0.2) is 54.6 Å². The number of nitrogens with zero attached hydrogens (tertiary/aromatic N) is 1. The average molecular weight is 383 g/mol. The second-order valence-electron chi connectivity index (χ2n) is 5.40. The van der Waals surface area contributed by atoms with Crippen LogP contribution in [0.1, 0.15) is 11.1 Å². The van der Waals surface area contributed by atoms with Crippen molar-refractivity contribution in [1.29, 1.82) is 0 Å². The van der Waals surface area contributed by atoms with E-state index in [9.17, 15) is 19.7 Å². The first-order valence-corrected chi connectivity index (χ1v) is 8.00. The zero-order chi connectivity index (χ0) is 20.5. The smallest absolute Gasteiger partial charge is 0.338 e. The maximum absolute atomic E-state index is 11.8. The monoisotopic (exact) mass is 383 g/mol. The number of hydrogen-bond acceptors (Lipinski definition) is 7. The van der Waals surface area contributed by atoms with Crippen LogP contribution in [0.5, 0.6) is 11.5 Å². The molecule has 2 aromatic rings. The lowest BCUT2D eigenvalue weighted by molar-refractivity contribution is -0.384. The van der Waals surface area contributed by atoms with Crippen LogP contribution in [0.25, 0.3) is 12.2 Å². The van der Waals surface area contributed by atoms with Crippen LogP contribution in [-0.2, 0) is 14.3 Å². The number of rotatable bonds is 7. The van der Waals surface area contributed by atoms with E-state index in [0.717, 1.165) is 12.2 Å². The third-order valence-electron chi connectivity index (χ3n) is 3.48. The first kappa shape index (κ1) is 20.4. The summed E-state index contributed by atoms with van der Waals surface area (Å²) in [6, 6.07) is 10.7.